The molecule has 0 heterocycles. The lowest BCUT2D eigenvalue weighted by atomic mass is 10.0. The Morgan fingerprint density at radius 2 is 1.29 bits per heavy atom. The minimum Gasteiger partial charge on any atom is -0.394 e. The molecule has 0 aliphatic rings. The molecule has 14 heavy (non-hydrogen) atoms. The molecule has 4 N–H and O–H groups in total. The topological polar surface area (TPSA) is 80.9 Å². The number of hydrogen-bond donors (Lipinski definition) is 4. The predicted molar refractivity (Wildman–Crippen MR) is 55.9 cm³/mol. The fourth-order valence-corrected chi connectivity index (χ4v) is 0.879. The van der Waals surface area contributed by atoms with Gasteiger partial charge in [0.05, 0.1) is 25.4 Å². The second kappa shape index (κ2) is 10.7. The molecule has 0 aliphatic carbocycles. The van der Waals surface area contributed by atoms with Crippen molar-refractivity contribution in [2.24, 2.45) is 0 Å². The minimum absolute atomic E-state index is 0.258. The molecule has 86 valence electrons. The molecule has 0 bridgehead atoms. The second-order valence-electron chi connectivity index (χ2n) is 2.83. The highest BCUT2D eigenvalue weighted by Gasteiger charge is 2.08. The summed E-state index contributed by atoms with van der Waals surface area (Å²) < 4.78 is 0. The van der Waals surface area contributed by atoms with Crippen LogP contribution in [0.25, 0.3) is 0 Å². The Labute approximate surface area is 85.5 Å². The van der Waals surface area contributed by atoms with E-state index in [0.29, 0.717) is 5.57 Å². The van der Waals surface area contributed by atoms with Crippen LogP contribution in [0.5, 0.6) is 0 Å². The van der Waals surface area contributed by atoms with Gasteiger partial charge in [-0.1, -0.05) is 26.0 Å². The van der Waals surface area contributed by atoms with Crippen molar-refractivity contribution in [3.8, 4) is 0 Å². The first kappa shape index (κ1) is 16.0. The van der Waals surface area contributed by atoms with E-state index in [1.54, 1.807) is 0 Å². The van der Waals surface area contributed by atoms with E-state index in [2.05, 4.69) is 6.58 Å². The van der Waals surface area contributed by atoms with E-state index in [9.17, 15) is 0 Å². The third kappa shape index (κ3) is 9.67. The lowest BCUT2D eigenvalue weighted by Crippen LogP contribution is -2.17. The third-order valence-corrected chi connectivity index (χ3v) is 1.47. The maximum Gasteiger partial charge on any atom is 0.0807 e. The van der Waals surface area contributed by atoms with Crippen LogP contribution in [0.4, 0.5) is 0 Å². The van der Waals surface area contributed by atoms with Gasteiger partial charge in [0.15, 0.2) is 0 Å². The molecule has 0 aromatic heterocycles. The van der Waals surface area contributed by atoms with Crippen LogP contribution in [-0.4, -0.2) is 45.8 Å². The molecule has 0 saturated carbocycles. The van der Waals surface area contributed by atoms with Gasteiger partial charge in [-0.25, -0.2) is 0 Å². The minimum atomic E-state index is -0.816. The number of aliphatic hydroxyl groups is 4. The highest BCUT2D eigenvalue weighted by atomic mass is 16.3. The molecule has 0 rings (SSSR count). The summed E-state index contributed by atoms with van der Waals surface area (Å²) in [5.41, 5.74) is 0.623. The lowest BCUT2D eigenvalue weighted by molar-refractivity contribution is 0.0812. The Balaban J connectivity index is 0. The van der Waals surface area contributed by atoms with E-state index in [1.165, 1.54) is 0 Å². The van der Waals surface area contributed by atoms with E-state index in [1.807, 2.05) is 13.8 Å². The second-order valence-corrected chi connectivity index (χ2v) is 2.83. The Kier molecular flexibility index (Phi) is 12.2. The summed E-state index contributed by atoms with van der Waals surface area (Å²) in [7, 11) is 0. The van der Waals surface area contributed by atoms with Gasteiger partial charge in [0.2, 0.25) is 0 Å². The Bertz CT molecular complexity index is 122. The van der Waals surface area contributed by atoms with E-state index in [-0.39, 0.29) is 26.1 Å². The van der Waals surface area contributed by atoms with Crippen LogP contribution < -0.4 is 0 Å². The molecule has 2 atom stereocenters. The van der Waals surface area contributed by atoms with Crippen LogP contribution >= 0.6 is 0 Å². The Morgan fingerprint density at radius 1 is 1.00 bits per heavy atom. The van der Waals surface area contributed by atoms with Gasteiger partial charge in [0.25, 0.3) is 0 Å². The van der Waals surface area contributed by atoms with Crippen molar-refractivity contribution in [1.29, 1.82) is 0 Å². The molecule has 4 heteroatoms. The normalized spacial score (nSPS) is 13.9. The van der Waals surface area contributed by atoms with Crippen LogP contribution in [0.3, 0.4) is 0 Å². The van der Waals surface area contributed by atoms with Crippen LogP contribution in [0, 0.1) is 0 Å². The van der Waals surface area contributed by atoms with Gasteiger partial charge < -0.3 is 20.4 Å². The van der Waals surface area contributed by atoms with Crippen LogP contribution in [0.1, 0.15) is 26.7 Å². The Morgan fingerprint density at radius 3 is 1.50 bits per heavy atom. The summed E-state index contributed by atoms with van der Waals surface area (Å²) >= 11 is 0. The van der Waals surface area contributed by atoms with Crippen molar-refractivity contribution >= 4 is 0 Å². The predicted octanol–water partition coefficient (Wildman–Crippen LogP) is 0.0554. The fraction of sp³-hybridized carbons (Fsp3) is 0.800. The molecule has 0 aliphatic heterocycles. The van der Waals surface area contributed by atoms with Crippen LogP contribution in [0.2, 0.25) is 0 Å². The molecule has 0 spiro atoms. The fourth-order valence-electron chi connectivity index (χ4n) is 0.879. The van der Waals surface area contributed by atoms with Gasteiger partial charge >= 0.3 is 0 Å². The summed E-state index contributed by atoms with van der Waals surface area (Å²) in [6, 6.07) is 0. The number of aliphatic hydroxyl groups excluding tert-OH is 4. The zero-order chi connectivity index (χ0) is 11.6. The average molecular weight is 206 g/mol. The van der Waals surface area contributed by atoms with E-state index in [4.69, 9.17) is 20.4 Å². The lowest BCUT2D eigenvalue weighted by Gasteiger charge is -2.12. The molecule has 0 aromatic carbocycles. The summed E-state index contributed by atoms with van der Waals surface area (Å²) in [4.78, 5) is 0. The monoisotopic (exact) mass is 206 g/mol. The van der Waals surface area contributed by atoms with Gasteiger partial charge in [0, 0.05) is 0 Å². The van der Waals surface area contributed by atoms with Gasteiger partial charge in [-0.15, -0.1) is 0 Å². The molecule has 0 saturated heterocycles. The standard InChI is InChI=1S/C8H16O4.C2H6/c1-6(2-7(11)4-9)3-8(12)5-10;1-2/h7-12H,1-5H2;1-2H3. The van der Waals surface area contributed by atoms with Gasteiger partial charge in [-0.3, -0.25) is 0 Å². The largest absolute Gasteiger partial charge is 0.394 e. The molecular formula is C10H22O4. The molecule has 4 nitrogen and oxygen atoms in total. The first-order valence-electron chi connectivity index (χ1n) is 4.84. The number of rotatable bonds is 6. The van der Waals surface area contributed by atoms with Crippen molar-refractivity contribution in [2.45, 2.75) is 38.9 Å². The van der Waals surface area contributed by atoms with Gasteiger partial charge in [-0.05, 0) is 12.8 Å². The zero-order valence-corrected chi connectivity index (χ0v) is 8.98. The zero-order valence-electron chi connectivity index (χ0n) is 8.98. The molecule has 0 aromatic rings. The van der Waals surface area contributed by atoms with Gasteiger partial charge in [-0.2, -0.15) is 0 Å². The number of hydrogen-bond acceptors (Lipinski definition) is 4. The van der Waals surface area contributed by atoms with E-state index >= 15 is 0 Å². The third-order valence-electron chi connectivity index (χ3n) is 1.47. The molecule has 2 unspecified atom stereocenters. The first-order valence-corrected chi connectivity index (χ1v) is 4.84. The van der Waals surface area contributed by atoms with Crippen molar-refractivity contribution in [3.05, 3.63) is 12.2 Å². The highest BCUT2D eigenvalue weighted by molar-refractivity contribution is 4.97. The van der Waals surface area contributed by atoms with Crippen molar-refractivity contribution in [1.82, 2.24) is 0 Å². The first-order chi connectivity index (χ1) is 6.60. The van der Waals surface area contributed by atoms with Crippen molar-refractivity contribution in [3.63, 3.8) is 0 Å². The highest BCUT2D eigenvalue weighted by Crippen LogP contribution is 2.09. The SMILES string of the molecule is C=C(CC(O)CO)CC(O)CO.CC. The molecule has 0 radical (unpaired) electrons. The maximum absolute atomic E-state index is 8.96. The van der Waals surface area contributed by atoms with Crippen molar-refractivity contribution < 1.29 is 20.4 Å². The summed E-state index contributed by atoms with van der Waals surface area (Å²) in [6.45, 7) is 6.97. The quantitative estimate of drug-likeness (QED) is 0.463. The van der Waals surface area contributed by atoms with Crippen molar-refractivity contribution in [2.75, 3.05) is 13.2 Å². The summed E-state index contributed by atoms with van der Waals surface area (Å²) in [5, 5.41) is 34.9. The molecule has 0 amide bonds. The van der Waals surface area contributed by atoms with Crippen LogP contribution in [-0.2, 0) is 0 Å². The summed E-state index contributed by atoms with van der Waals surface area (Å²) in [5.74, 6) is 0. The maximum atomic E-state index is 8.96. The van der Waals surface area contributed by atoms with Crippen LogP contribution in [0.15, 0.2) is 12.2 Å². The average Bonchev–Trinajstić information content (AvgIpc) is 2.20. The smallest absolute Gasteiger partial charge is 0.0807 e. The summed E-state index contributed by atoms with van der Waals surface area (Å²) in [6.07, 6.45) is -1.12. The molecular weight excluding hydrogens is 184 g/mol. The van der Waals surface area contributed by atoms with E-state index in [0.717, 1.165) is 0 Å². The Hall–Kier alpha value is -0.420. The van der Waals surface area contributed by atoms with Gasteiger partial charge in [0.1, 0.15) is 0 Å². The molecule has 0 fully saturated rings. The van der Waals surface area contributed by atoms with E-state index < -0.39 is 12.2 Å².